The van der Waals surface area contributed by atoms with Crippen LogP contribution in [0.25, 0.3) is 0 Å². The predicted molar refractivity (Wildman–Crippen MR) is 70.9 cm³/mol. The van der Waals surface area contributed by atoms with Crippen LogP contribution in [0.5, 0.6) is 0 Å². The van der Waals surface area contributed by atoms with Gasteiger partial charge in [0.1, 0.15) is 0 Å². The zero-order valence-corrected chi connectivity index (χ0v) is 11.4. The first-order chi connectivity index (χ1) is 8.61. The number of carbonyl (C=O) groups excluding carboxylic acids is 1. The van der Waals surface area contributed by atoms with Crippen LogP contribution in [-0.4, -0.2) is 50.1 Å². The second kappa shape index (κ2) is 5.60. The molecule has 0 spiro atoms. The van der Waals surface area contributed by atoms with E-state index in [9.17, 15) is 9.59 Å². The number of H-pyrrole nitrogens is 2. The van der Waals surface area contributed by atoms with Gasteiger partial charge in [0.25, 0.3) is 5.91 Å². The smallest absolute Gasteiger partial charge is 0.336 e. The molecule has 0 aliphatic heterocycles. The molecule has 7 heteroatoms. The SMILES string of the molecule is CCS[C@@H]1CC[C@@H](N(C)C(=O)c2n[nH]c(=O)[nH]2)C1. The maximum atomic E-state index is 12.1. The molecule has 2 N–H and O–H groups in total. The van der Waals surface area contributed by atoms with E-state index in [1.54, 1.807) is 11.9 Å². The number of hydrogen-bond acceptors (Lipinski definition) is 4. The topological polar surface area (TPSA) is 81.8 Å². The van der Waals surface area contributed by atoms with E-state index in [1.165, 1.54) is 0 Å². The fraction of sp³-hybridized carbons (Fsp3) is 0.727. The van der Waals surface area contributed by atoms with Gasteiger partial charge in [-0.25, -0.2) is 9.89 Å². The minimum atomic E-state index is -0.447. The first kappa shape index (κ1) is 13.2. The molecule has 2 atom stereocenters. The Hall–Kier alpha value is -1.24. The monoisotopic (exact) mass is 270 g/mol. The second-order valence-corrected chi connectivity index (χ2v) is 6.06. The van der Waals surface area contributed by atoms with E-state index in [0.29, 0.717) is 5.25 Å². The first-order valence-electron chi connectivity index (χ1n) is 6.15. The number of carbonyl (C=O) groups is 1. The molecule has 100 valence electrons. The van der Waals surface area contributed by atoms with Crippen LogP contribution in [0, 0.1) is 0 Å². The van der Waals surface area contributed by atoms with Crippen molar-refractivity contribution >= 4 is 17.7 Å². The average molecular weight is 270 g/mol. The van der Waals surface area contributed by atoms with Crippen LogP contribution >= 0.6 is 11.8 Å². The molecule has 1 aliphatic rings. The lowest BCUT2D eigenvalue weighted by Crippen LogP contribution is -2.36. The lowest BCUT2D eigenvalue weighted by atomic mass is 10.2. The summed E-state index contributed by atoms with van der Waals surface area (Å²) in [6.45, 7) is 2.15. The average Bonchev–Trinajstić information content (AvgIpc) is 2.97. The molecule has 1 amide bonds. The van der Waals surface area contributed by atoms with Gasteiger partial charge in [0.2, 0.25) is 5.82 Å². The van der Waals surface area contributed by atoms with Gasteiger partial charge < -0.3 is 4.90 Å². The van der Waals surface area contributed by atoms with Crippen molar-refractivity contribution in [2.24, 2.45) is 0 Å². The summed E-state index contributed by atoms with van der Waals surface area (Å²) in [4.78, 5) is 27.1. The Labute approximate surface area is 110 Å². The van der Waals surface area contributed by atoms with Gasteiger partial charge in [-0.05, 0) is 25.0 Å². The Balaban J connectivity index is 1.97. The van der Waals surface area contributed by atoms with Crippen molar-refractivity contribution in [2.75, 3.05) is 12.8 Å². The molecule has 1 fully saturated rings. The highest BCUT2D eigenvalue weighted by atomic mass is 32.2. The number of amides is 1. The summed E-state index contributed by atoms with van der Waals surface area (Å²) in [6.07, 6.45) is 3.20. The molecule has 1 aromatic heterocycles. The van der Waals surface area contributed by atoms with Crippen molar-refractivity contribution in [3.8, 4) is 0 Å². The highest BCUT2D eigenvalue weighted by molar-refractivity contribution is 7.99. The van der Waals surface area contributed by atoms with Gasteiger partial charge in [-0.15, -0.1) is 5.10 Å². The summed E-state index contributed by atoms with van der Waals surface area (Å²) in [6, 6.07) is 0.252. The maximum absolute atomic E-state index is 12.1. The van der Waals surface area contributed by atoms with E-state index in [4.69, 9.17) is 0 Å². The van der Waals surface area contributed by atoms with Crippen LogP contribution in [0.3, 0.4) is 0 Å². The van der Waals surface area contributed by atoms with Gasteiger partial charge >= 0.3 is 5.69 Å². The van der Waals surface area contributed by atoms with Gasteiger partial charge in [0.05, 0.1) is 0 Å². The third-order valence-corrected chi connectivity index (χ3v) is 4.56. The highest BCUT2D eigenvalue weighted by Crippen LogP contribution is 2.32. The first-order valence-corrected chi connectivity index (χ1v) is 7.20. The summed E-state index contributed by atoms with van der Waals surface area (Å²) in [7, 11) is 1.78. The molecular formula is C11H18N4O2S. The van der Waals surface area contributed by atoms with E-state index in [0.717, 1.165) is 25.0 Å². The minimum absolute atomic E-state index is 0.0918. The normalized spacial score (nSPS) is 23.2. The van der Waals surface area contributed by atoms with E-state index in [-0.39, 0.29) is 17.8 Å². The number of nitrogens with zero attached hydrogens (tertiary/aromatic N) is 2. The Bertz CT molecular complexity index is 470. The maximum Gasteiger partial charge on any atom is 0.341 e. The third kappa shape index (κ3) is 2.77. The Morgan fingerprint density at radius 3 is 2.94 bits per heavy atom. The molecule has 0 radical (unpaired) electrons. The van der Waals surface area contributed by atoms with Gasteiger partial charge in [0.15, 0.2) is 0 Å². The van der Waals surface area contributed by atoms with Crippen molar-refractivity contribution in [3.63, 3.8) is 0 Å². The molecule has 0 bridgehead atoms. The Morgan fingerprint density at radius 1 is 1.56 bits per heavy atom. The Morgan fingerprint density at radius 2 is 2.33 bits per heavy atom. The van der Waals surface area contributed by atoms with Crippen LogP contribution in [0.15, 0.2) is 4.79 Å². The van der Waals surface area contributed by atoms with Crippen molar-refractivity contribution in [1.82, 2.24) is 20.1 Å². The minimum Gasteiger partial charge on any atom is -0.336 e. The number of rotatable bonds is 4. The van der Waals surface area contributed by atoms with Gasteiger partial charge in [-0.1, -0.05) is 6.92 Å². The lowest BCUT2D eigenvalue weighted by molar-refractivity contribution is 0.0723. The van der Waals surface area contributed by atoms with Crippen molar-refractivity contribution in [1.29, 1.82) is 0 Å². The van der Waals surface area contributed by atoms with E-state index >= 15 is 0 Å². The number of thioether (sulfide) groups is 1. The second-order valence-electron chi connectivity index (χ2n) is 4.49. The molecular weight excluding hydrogens is 252 g/mol. The molecule has 18 heavy (non-hydrogen) atoms. The summed E-state index contributed by atoms with van der Waals surface area (Å²) < 4.78 is 0. The number of aromatic nitrogens is 3. The predicted octanol–water partition coefficient (Wildman–Crippen LogP) is 0.844. The van der Waals surface area contributed by atoms with Crippen LogP contribution in [0.2, 0.25) is 0 Å². The highest BCUT2D eigenvalue weighted by Gasteiger charge is 2.31. The number of hydrogen-bond donors (Lipinski definition) is 2. The zero-order valence-electron chi connectivity index (χ0n) is 10.6. The molecule has 0 unspecified atom stereocenters. The van der Waals surface area contributed by atoms with E-state index < -0.39 is 5.69 Å². The molecule has 6 nitrogen and oxygen atoms in total. The van der Waals surface area contributed by atoms with Crippen LogP contribution in [0.1, 0.15) is 36.8 Å². The molecule has 1 saturated carbocycles. The molecule has 0 aromatic carbocycles. The number of nitrogens with one attached hydrogen (secondary N) is 2. The van der Waals surface area contributed by atoms with Gasteiger partial charge in [-0.2, -0.15) is 11.8 Å². The van der Waals surface area contributed by atoms with Crippen molar-refractivity contribution in [2.45, 2.75) is 37.5 Å². The summed E-state index contributed by atoms with van der Waals surface area (Å²) in [5.74, 6) is 0.983. The fourth-order valence-electron chi connectivity index (χ4n) is 2.36. The molecule has 1 aliphatic carbocycles. The van der Waals surface area contributed by atoms with Gasteiger partial charge in [-0.3, -0.25) is 9.78 Å². The summed E-state index contributed by atoms with van der Waals surface area (Å²) in [5.41, 5.74) is -0.447. The largest absolute Gasteiger partial charge is 0.341 e. The molecule has 1 aromatic rings. The third-order valence-electron chi connectivity index (χ3n) is 3.33. The van der Waals surface area contributed by atoms with Crippen LogP contribution in [0.4, 0.5) is 0 Å². The lowest BCUT2D eigenvalue weighted by Gasteiger charge is -2.23. The summed E-state index contributed by atoms with van der Waals surface area (Å²) in [5, 5.41) is 6.53. The van der Waals surface area contributed by atoms with Gasteiger partial charge in [0, 0.05) is 18.3 Å². The number of aromatic amines is 2. The molecule has 0 saturated heterocycles. The van der Waals surface area contributed by atoms with E-state index in [1.807, 2.05) is 11.8 Å². The van der Waals surface area contributed by atoms with Crippen molar-refractivity contribution in [3.05, 3.63) is 16.3 Å². The van der Waals surface area contributed by atoms with Crippen LogP contribution in [-0.2, 0) is 0 Å². The van der Waals surface area contributed by atoms with Crippen molar-refractivity contribution < 1.29 is 4.79 Å². The van der Waals surface area contributed by atoms with Crippen LogP contribution < -0.4 is 5.69 Å². The fourth-order valence-corrected chi connectivity index (χ4v) is 3.49. The standard InChI is InChI=1S/C11H18N4O2S/c1-3-18-8-5-4-7(6-8)15(2)10(16)9-12-11(17)14-13-9/h7-8H,3-6H2,1-2H3,(H2,12,13,14,17)/t7-,8-/m1/s1. The quantitative estimate of drug-likeness (QED) is 0.849. The zero-order chi connectivity index (χ0) is 13.1. The molecule has 2 rings (SSSR count). The van der Waals surface area contributed by atoms with E-state index in [2.05, 4.69) is 22.1 Å². The Kier molecular flexibility index (Phi) is 4.11. The summed E-state index contributed by atoms with van der Waals surface area (Å²) >= 11 is 1.95. The molecule has 1 heterocycles.